The first-order chi connectivity index (χ1) is 13.7. The fourth-order valence-electron chi connectivity index (χ4n) is 4.01. The SMILES string of the molecule is CC(C)c1ccc([C@@H]2Sc3ccccc3N=C3c4ccccc4SC[C@@H]32)cc1. The van der Waals surface area contributed by atoms with Crippen molar-refractivity contribution in [3.8, 4) is 0 Å². The molecule has 0 bridgehead atoms. The molecule has 0 amide bonds. The van der Waals surface area contributed by atoms with Gasteiger partial charge < -0.3 is 0 Å². The van der Waals surface area contributed by atoms with E-state index in [0.29, 0.717) is 17.1 Å². The molecule has 1 nitrogen and oxygen atoms in total. The van der Waals surface area contributed by atoms with E-state index in [1.807, 2.05) is 23.5 Å². The molecular formula is C25H23NS2. The number of hydrogen-bond donors (Lipinski definition) is 0. The number of fused-ring (bicyclic) bond motifs is 4. The number of para-hydroxylation sites is 1. The van der Waals surface area contributed by atoms with Crippen LogP contribution in [0.5, 0.6) is 0 Å². The lowest BCUT2D eigenvalue weighted by atomic mass is 9.89. The number of benzene rings is 3. The first-order valence-electron chi connectivity index (χ1n) is 9.87. The van der Waals surface area contributed by atoms with E-state index in [-0.39, 0.29) is 0 Å². The normalized spacial score (nSPS) is 20.6. The fourth-order valence-corrected chi connectivity index (χ4v) is 6.69. The summed E-state index contributed by atoms with van der Waals surface area (Å²) in [4.78, 5) is 7.85. The van der Waals surface area contributed by atoms with Gasteiger partial charge in [0.2, 0.25) is 0 Å². The molecule has 3 aromatic carbocycles. The van der Waals surface area contributed by atoms with Gasteiger partial charge >= 0.3 is 0 Å². The van der Waals surface area contributed by atoms with Crippen molar-refractivity contribution >= 4 is 34.9 Å². The van der Waals surface area contributed by atoms with Gasteiger partial charge in [-0.3, -0.25) is 4.99 Å². The summed E-state index contributed by atoms with van der Waals surface area (Å²) in [7, 11) is 0. The van der Waals surface area contributed by atoms with Gasteiger partial charge in [0.25, 0.3) is 0 Å². The van der Waals surface area contributed by atoms with Gasteiger partial charge in [-0.1, -0.05) is 68.4 Å². The molecule has 0 unspecified atom stereocenters. The first kappa shape index (κ1) is 18.1. The maximum absolute atomic E-state index is 5.21. The van der Waals surface area contributed by atoms with Crippen LogP contribution in [0.15, 0.2) is 87.6 Å². The van der Waals surface area contributed by atoms with Crippen LogP contribution in [-0.4, -0.2) is 11.5 Å². The van der Waals surface area contributed by atoms with Gasteiger partial charge in [-0.2, -0.15) is 0 Å². The summed E-state index contributed by atoms with van der Waals surface area (Å²) in [6, 6.07) is 26.6. The highest BCUT2D eigenvalue weighted by Gasteiger charge is 2.36. The summed E-state index contributed by atoms with van der Waals surface area (Å²) in [5.41, 5.74) is 6.48. The van der Waals surface area contributed by atoms with Gasteiger partial charge in [0, 0.05) is 32.3 Å². The lowest BCUT2D eigenvalue weighted by Gasteiger charge is -2.31. The van der Waals surface area contributed by atoms with E-state index in [0.717, 1.165) is 11.4 Å². The summed E-state index contributed by atoms with van der Waals surface area (Å²) in [5.74, 6) is 2.04. The van der Waals surface area contributed by atoms with Gasteiger partial charge in [-0.25, -0.2) is 0 Å². The van der Waals surface area contributed by atoms with Crippen LogP contribution in [0, 0.1) is 5.92 Å². The molecule has 28 heavy (non-hydrogen) atoms. The van der Waals surface area contributed by atoms with Crippen molar-refractivity contribution in [3.63, 3.8) is 0 Å². The second kappa shape index (κ2) is 7.46. The van der Waals surface area contributed by atoms with Crippen LogP contribution in [0.2, 0.25) is 0 Å². The van der Waals surface area contributed by atoms with Crippen molar-refractivity contribution in [2.45, 2.75) is 34.8 Å². The van der Waals surface area contributed by atoms with E-state index >= 15 is 0 Å². The number of aliphatic imine (C=N–C) groups is 1. The van der Waals surface area contributed by atoms with E-state index in [2.05, 4.69) is 86.6 Å². The third kappa shape index (κ3) is 3.21. The van der Waals surface area contributed by atoms with Crippen molar-refractivity contribution in [3.05, 3.63) is 89.5 Å². The summed E-state index contributed by atoms with van der Waals surface area (Å²) >= 11 is 3.95. The van der Waals surface area contributed by atoms with E-state index in [9.17, 15) is 0 Å². The third-order valence-corrected chi connectivity index (χ3v) is 8.24. The molecule has 0 aliphatic carbocycles. The molecular weight excluding hydrogens is 378 g/mol. The predicted molar refractivity (Wildman–Crippen MR) is 122 cm³/mol. The second-order valence-corrected chi connectivity index (χ2v) is 9.98. The van der Waals surface area contributed by atoms with Crippen molar-refractivity contribution in [1.82, 2.24) is 0 Å². The average Bonchev–Trinajstić information content (AvgIpc) is 2.91. The van der Waals surface area contributed by atoms with Gasteiger partial charge in [-0.15, -0.1) is 23.5 Å². The topological polar surface area (TPSA) is 12.4 Å². The van der Waals surface area contributed by atoms with E-state index in [1.54, 1.807) is 0 Å². The zero-order chi connectivity index (χ0) is 19.1. The van der Waals surface area contributed by atoms with Gasteiger partial charge in [0.15, 0.2) is 0 Å². The molecule has 0 N–H and O–H groups in total. The van der Waals surface area contributed by atoms with E-state index in [1.165, 1.54) is 32.2 Å². The molecule has 0 saturated carbocycles. The van der Waals surface area contributed by atoms with E-state index in [4.69, 9.17) is 4.99 Å². The van der Waals surface area contributed by atoms with Crippen LogP contribution < -0.4 is 0 Å². The highest BCUT2D eigenvalue weighted by atomic mass is 32.2. The van der Waals surface area contributed by atoms with Crippen LogP contribution in [0.25, 0.3) is 0 Å². The zero-order valence-electron chi connectivity index (χ0n) is 16.1. The highest BCUT2D eigenvalue weighted by Crippen LogP contribution is 2.51. The molecule has 5 rings (SSSR count). The second-order valence-electron chi connectivity index (χ2n) is 7.74. The number of nitrogens with zero attached hydrogens (tertiary/aromatic N) is 1. The summed E-state index contributed by atoms with van der Waals surface area (Å²) in [5, 5.41) is 0.379. The molecule has 0 aromatic heterocycles. The van der Waals surface area contributed by atoms with Crippen LogP contribution >= 0.6 is 23.5 Å². The highest BCUT2D eigenvalue weighted by molar-refractivity contribution is 8.00. The fraction of sp³-hybridized carbons (Fsp3) is 0.240. The molecule has 0 saturated heterocycles. The molecule has 2 aliphatic heterocycles. The average molecular weight is 402 g/mol. The van der Waals surface area contributed by atoms with Crippen molar-refractivity contribution in [1.29, 1.82) is 0 Å². The number of rotatable bonds is 2. The van der Waals surface area contributed by atoms with Crippen LogP contribution in [0.1, 0.15) is 41.7 Å². The Morgan fingerprint density at radius 1 is 0.857 bits per heavy atom. The number of thioether (sulfide) groups is 2. The Bertz CT molecular complexity index is 1040. The van der Waals surface area contributed by atoms with Crippen molar-refractivity contribution < 1.29 is 0 Å². The Hall–Kier alpha value is -1.97. The third-order valence-electron chi connectivity index (χ3n) is 5.59. The Morgan fingerprint density at radius 3 is 2.36 bits per heavy atom. The molecule has 0 spiro atoms. The standard InChI is InChI=1S/C25H23NS2/c1-16(2)17-11-13-18(14-12-17)25-20-15-27-22-9-5-3-7-19(22)24(20)26-21-8-4-6-10-23(21)28-25/h3-14,16,20,25H,15H2,1-2H3/t20-,25-/m0/s1. The molecule has 3 heteroatoms. The molecule has 2 atom stereocenters. The van der Waals surface area contributed by atoms with Crippen LogP contribution in [-0.2, 0) is 0 Å². The lowest BCUT2D eigenvalue weighted by Crippen LogP contribution is -2.27. The summed E-state index contributed by atoms with van der Waals surface area (Å²) < 4.78 is 0. The zero-order valence-corrected chi connectivity index (χ0v) is 17.8. The van der Waals surface area contributed by atoms with Crippen molar-refractivity contribution in [2.75, 3.05) is 5.75 Å². The Labute approximate surface area is 175 Å². The Kier molecular flexibility index (Phi) is 4.82. The molecule has 0 radical (unpaired) electrons. The minimum Gasteiger partial charge on any atom is -0.251 e. The predicted octanol–water partition coefficient (Wildman–Crippen LogP) is 7.50. The summed E-state index contributed by atoms with van der Waals surface area (Å²) in [6.45, 7) is 4.51. The van der Waals surface area contributed by atoms with Gasteiger partial charge in [0.1, 0.15) is 0 Å². The minimum absolute atomic E-state index is 0.379. The number of hydrogen-bond acceptors (Lipinski definition) is 3. The molecule has 3 aromatic rings. The van der Waals surface area contributed by atoms with Crippen molar-refractivity contribution in [2.24, 2.45) is 10.9 Å². The molecule has 2 heterocycles. The van der Waals surface area contributed by atoms with Crippen LogP contribution in [0.3, 0.4) is 0 Å². The van der Waals surface area contributed by atoms with Crippen LogP contribution in [0.4, 0.5) is 5.69 Å². The largest absolute Gasteiger partial charge is 0.251 e. The molecule has 2 aliphatic rings. The van der Waals surface area contributed by atoms with E-state index < -0.39 is 0 Å². The first-order valence-corrected chi connectivity index (χ1v) is 11.7. The smallest absolute Gasteiger partial charge is 0.0769 e. The summed E-state index contributed by atoms with van der Waals surface area (Å²) in [6.07, 6.45) is 0. The molecule has 140 valence electrons. The quantitative estimate of drug-likeness (QED) is 0.441. The Morgan fingerprint density at radius 2 is 1.57 bits per heavy atom. The molecule has 0 fully saturated rings. The maximum Gasteiger partial charge on any atom is 0.0769 e. The monoisotopic (exact) mass is 401 g/mol. The minimum atomic E-state index is 0.379. The Balaban J connectivity index is 1.64. The van der Waals surface area contributed by atoms with Gasteiger partial charge in [-0.05, 0) is 35.2 Å². The van der Waals surface area contributed by atoms with Gasteiger partial charge in [0.05, 0.1) is 11.4 Å². The lowest BCUT2D eigenvalue weighted by molar-refractivity contribution is 0.754. The maximum atomic E-state index is 5.21.